The Morgan fingerprint density at radius 3 is 2.49 bits per heavy atom. The summed E-state index contributed by atoms with van der Waals surface area (Å²) in [6, 6.07) is 21.4. The first-order valence-corrected chi connectivity index (χ1v) is 18.5. The van der Waals surface area contributed by atoms with E-state index in [1.54, 1.807) is 6.07 Å². The van der Waals surface area contributed by atoms with Crippen molar-refractivity contribution in [3.05, 3.63) is 82.0 Å². The van der Waals surface area contributed by atoms with Gasteiger partial charge in [-0.05, 0) is 86.7 Å². The van der Waals surface area contributed by atoms with E-state index in [4.69, 9.17) is 0 Å². The lowest BCUT2D eigenvalue weighted by atomic mass is 9.81. The van der Waals surface area contributed by atoms with E-state index in [9.17, 15) is 19.5 Å². The van der Waals surface area contributed by atoms with Gasteiger partial charge in [0.2, 0.25) is 5.91 Å². The Balaban J connectivity index is 0.840. The maximum Gasteiger partial charge on any atom is 0.319 e. The van der Waals surface area contributed by atoms with Gasteiger partial charge in [-0.25, -0.2) is 4.79 Å². The fraction of sp³-hybridized carbons (Fsp3) is 0.447. The molecule has 0 bridgehead atoms. The van der Waals surface area contributed by atoms with Crippen LogP contribution in [0.2, 0.25) is 0 Å². The summed E-state index contributed by atoms with van der Waals surface area (Å²) in [6.07, 6.45) is 7.66. The van der Waals surface area contributed by atoms with Crippen molar-refractivity contribution in [3.63, 3.8) is 0 Å². The van der Waals surface area contributed by atoms with Crippen molar-refractivity contribution in [3.8, 4) is 16.9 Å². The number of thiazole rings is 1. The zero-order valence-corrected chi connectivity index (χ0v) is 28.8. The first-order valence-electron chi connectivity index (χ1n) is 17.7. The lowest BCUT2D eigenvalue weighted by molar-refractivity contribution is -0.121. The number of phenolic OH excluding ortho intramolecular Hbond substituents is 1. The van der Waals surface area contributed by atoms with Crippen LogP contribution in [0.3, 0.4) is 0 Å². The van der Waals surface area contributed by atoms with Crippen LogP contribution in [0.25, 0.3) is 21.3 Å². The molecule has 3 amide bonds. The number of aromatic nitrogens is 1. The van der Waals surface area contributed by atoms with E-state index in [2.05, 4.69) is 31.2 Å². The highest BCUT2D eigenvalue weighted by atomic mass is 32.1. The summed E-state index contributed by atoms with van der Waals surface area (Å²) in [5, 5.41) is 23.0. The Morgan fingerprint density at radius 2 is 1.67 bits per heavy atom. The molecule has 2 atom stereocenters. The SMILES string of the molecule is O=C(CCN1CCC(NC(=O)Nc2ccccc2-c2ccccc2)CC1)NCC1CCCC(CNCCc2ccc(O)c3[nH]c(=O)sc23)C1. The third kappa shape index (κ3) is 9.71. The molecule has 1 aliphatic heterocycles. The second-order valence-electron chi connectivity index (χ2n) is 13.5. The molecular weight excluding hydrogens is 637 g/mol. The van der Waals surface area contributed by atoms with Crippen LogP contribution in [0.15, 0.2) is 71.5 Å². The second kappa shape index (κ2) is 17.0. The van der Waals surface area contributed by atoms with Crippen LogP contribution < -0.4 is 26.1 Å². The number of carbonyl (C=O) groups is 2. The minimum absolute atomic E-state index is 0.109. The lowest BCUT2D eigenvalue weighted by Gasteiger charge is -2.32. The zero-order valence-electron chi connectivity index (χ0n) is 28.0. The Bertz CT molecular complexity index is 1750. The van der Waals surface area contributed by atoms with Crippen LogP contribution in [0.1, 0.15) is 50.5 Å². The molecule has 3 aromatic carbocycles. The molecular formula is C38H48N6O4S. The molecule has 49 heavy (non-hydrogen) atoms. The van der Waals surface area contributed by atoms with Crippen molar-refractivity contribution in [1.82, 2.24) is 25.8 Å². The van der Waals surface area contributed by atoms with Gasteiger partial charge < -0.3 is 36.3 Å². The van der Waals surface area contributed by atoms with Crippen molar-refractivity contribution in [2.75, 3.05) is 44.6 Å². The van der Waals surface area contributed by atoms with Crippen LogP contribution >= 0.6 is 11.3 Å². The number of nitrogens with zero attached hydrogens (tertiary/aromatic N) is 1. The van der Waals surface area contributed by atoms with Gasteiger partial charge in [0.05, 0.1) is 10.4 Å². The number of aromatic hydroxyl groups is 1. The van der Waals surface area contributed by atoms with E-state index < -0.39 is 0 Å². The van der Waals surface area contributed by atoms with E-state index in [-0.39, 0.29) is 28.6 Å². The Kier molecular flexibility index (Phi) is 12.0. The molecule has 6 N–H and O–H groups in total. The molecule has 4 aromatic rings. The fourth-order valence-corrected chi connectivity index (χ4v) is 8.18. The number of piperidine rings is 1. The first kappa shape index (κ1) is 34.7. The van der Waals surface area contributed by atoms with Gasteiger partial charge in [0.25, 0.3) is 0 Å². The summed E-state index contributed by atoms with van der Waals surface area (Å²) in [5.41, 5.74) is 4.44. The van der Waals surface area contributed by atoms with Crippen LogP contribution in [-0.4, -0.2) is 72.2 Å². The number of rotatable bonds is 13. The number of fused-ring (bicyclic) bond motifs is 1. The van der Waals surface area contributed by atoms with E-state index in [0.29, 0.717) is 23.8 Å². The van der Waals surface area contributed by atoms with Gasteiger partial charge >= 0.3 is 10.9 Å². The predicted molar refractivity (Wildman–Crippen MR) is 197 cm³/mol. The van der Waals surface area contributed by atoms with Gasteiger partial charge in [0, 0.05) is 44.2 Å². The quantitative estimate of drug-likeness (QED) is 0.100. The smallest absolute Gasteiger partial charge is 0.319 e. The molecule has 0 radical (unpaired) electrons. The fourth-order valence-electron chi connectivity index (χ4n) is 7.28. The second-order valence-corrected chi connectivity index (χ2v) is 14.5. The highest BCUT2D eigenvalue weighted by Gasteiger charge is 2.24. The third-order valence-electron chi connectivity index (χ3n) is 9.96. The normalized spacial score (nSPS) is 18.7. The average Bonchev–Trinajstić information content (AvgIpc) is 3.53. The minimum atomic E-state index is -0.186. The van der Waals surface area contributed by atoms with Gasteiger partial charge in [-0.2, -0.15) is 0 Å². The highest BCUT2D eigenvalue weighted by Crippen LogP contribution is 2.30. The summed E-state index contributed by atoms with van der Waals surface area (Å²) in [7, 11) is 0. The number of hydrogen-bond acceptors (Lipinski definition) is 7. The number of benzene rings is 3. The summed E-state index contributed by atoms with van der Waals surface area (Å²) >= 11 is 1.15. The molecule has 2 heterocycles. The van der Waals surface area contributed by atoms with Crippen LogP contribution in [-0.2, 0) is 11.2 Å². The predicted octanol–water partition coefficient (Wildman–Crippen LogP) is 5.69. The number of nitrogens with one attached hydrogen (secondary N) is 5. The number of anilines is 1. The maximum absolute atomic E-state index is 12.8. The maximum atomic E-state index is 12.8. The molecule has 2 unspecified atom stereocenters. The number of likely N-dealkylation sites (tertiary alicyclic amines) is 1. The van der Waals surface area contributed by atoms with Gasteiger partial charge in [0.1, 0.15) is 11.3 Å². The van der Waals surface area contributed by atoms with Crippen LogP contribution in [0.5, 0.6) is 5.75 Å². The van der Waals surface area contributed by atoms with E-state index in [1.165, 1.54) is 12.8 Å². The Morgan fingerprint density at radius 1 is 0.918 bits per heavy atom. The number of phenols is 1. The van der Waals surface area contributed by atoms with Crippen molar-refractivity contribution in [2.45, 2.75) is 57.4 Å². The van der Waals surface area contributed by atoms with Crippen molar-refractivity contribution < 1.29 is 14.7 Å². The summed E-state index contributed by atoms with van der Waals surface area (Å²) < 4.78 is 0.836. The number of urea groups is 1. The molecule has 0 spiro atoms. The molecule has 2 aliphatic rings. The summed E-state index contributed by atoms with van der Waals surface area (Å²) in [4.78, 5) is 42.3. The number of H-pyrrole nitrogens is 1. The monoisotopic (exact) mass is 684 g/mol. The zero-order chi connectivity index (χ0) is 34.0. The van der Waals surface area contributed by atoms with E-state index in [0.717, 1.165) is 110 Å². The molecule has 1 saturated heterocycles. The highest BCUT2D eigenvalue weighted by molar-refractivity contribution is 7.16. The Labute approximate surface area is 291 Å². The minimum Gasteiger partial charge on any atom is -0.506 e. The molecule has 10 nitrogen and oxygen atoms in total. The van der Waals surface area contributed by atoms with Gasteiger partial charge in [-0.15, -0.1) is 0 Å². The van der Waals surface area contributed by atoms with Crippen LogP contribution in [0, 0.1) is 11.8 Å². The number of amides is 3. The van der Waals surface area contributed by atoms with E-state index in [1.807, 2.05) is 60.7 Å². The third-order valence-corrected chi connectivity index (χ3v) is 10.9. The topological polar surface area (TPSA) is 139 Å². The van der Waals surface area contributed by atoms with Gasteiger partial charge in [-0.1, -0.05) is 72.4 Å². The van der Waals surface area contributed by atoms with Crippen molar-refractivity contribution in [2.24, 2.45) is 11.8 Å². The lowest BCUT2D eigenvalue weighted by Crippen LogP contribution is -2.46. The molecule has 2 fully saturated rings. The van der Waals surface area contributed by atoms with Gasteiger partial charge in [0.15, 0.2) is 0 Å². The molecule has 1 aromatic heterocycles. The molecule has 6 rings (SSSR count). The van der Waals surface area contributed by atoms with Crippen molar-refractivity contribution >= 4 is 39.2 Å². The summed E-state index contributed by atoms with van der Waals surface area (Å²) in [6.45, 7) is 4.95. The van der Waals surface area contributed by atoms with Gasteiger partial charge in [-0.3, -0.25) is 9.59 Å². The first-order chi connectivity index (χ1) is 23.9. The number of aromatic amines is 1. The molecule has 260 valence electrons. The number of hydrogen-bond donors (Lipinski definition) is 6. The molecule has 11 heteroatoms. The number of para-hydroxylation sites is 1. The van der Waals surface area contributed by atoms with E-state index >= 15 is 0 Å². The largest absolute Gasteiger partial charge is 0.506 e. The standard InChI is InChI=1S/C38H48N6O4S/c45-33-14-13-29(36-35(33)43-38(48)49-36)15-19-39-24-26-7-6-8-27(23-26)25-40-34(46)18-22-44-20-16-30(17-21-44)41-37(47)42-32-12-5-4-11-31(32)28-9-2-1-3-10-28/h1-5,9-14,26-27,30,39,45H,6-8,15-25H2,(H,40,46)(H,43,48)(H2,41,42,47). The van der Waals surface area contributed by atoms with Crippen molar-refractivity contribution in [1.29, 1.82) is 0 Å². The Hall–Kier alpha value is -4.19. The molecule has 1 saturated carbocycles. The number of carbonyl (C=O) groups excluding carboxylic acids is 2. The average molecular weight is 685 g/mol. The molecule has 1 aliphatic carbocycles. The van der Waals surface area contributed by atoms with Crippen LogP contribution in [0.4, 0.5) is 10.5 Å². The summed E-state index contributed by atoms with van der Waals surface area (Å²) in [5.74, 6) is 1.33.